The SMILES string of the molecule is CCc1ccccc1NC(=O)c1cnc(Nc2c(C)cc(C)cc2C)nc1. The van der Waals surface area contributed by atoms with Crippen molar-refractivity contribution < 1.29 is 4.79 Å². The van der Waals surface area contributed by atoms with Crippen molar-refractivity contribution in [2.45, 2.75) is 34.1 Å². The van der Waals surface area contributed by atoms with E-state index < -0.39 is 0 Å². The third-order valence-corrected chi connectivity index (χ3v) is 4.47. The molecule has 3 aromatic rings. The Kier molecular flexibility index (Phi) is 5.50. The van der Waals surface area contributed by atoms with Gasteiger partial charge in [0.25, 0.3) is 5.91 Å². The fraction of sp³-hybridized carbons (Fsp3) is 0.227. The number of nitrogens with one attached hydrogen (secondary N) is 2. The van der Waals surface area contributed by atoms with Gasteiger partial charge in [0.2, 0.25) is 5.95 Å². The van der Waals surface area contributed by atoms with Crippen LogP contribution in [0.15, 0.2) is 48.8 Å². The Labute approximate surface area is 159 Å². The summed E-state index contributed by atoms with van der Waals surface area (Å²) in [6, 6.07) is 12.0. The first kappa shape index (κ1) is 18.6. The predicted molar refractivity (Wildman–Crippen MR) is 110 cm³/mol. The highest BCUT2D eigenvalue weighted by atomic mass is 16.1. The highest BCUT2D eigenvalue weighted by molar-refractivity contribution is 6.04. The molecule has 0 atom stereocenters. The van der Waals surface area contributed by atoms with Crippen LogP contribution in [0.2, 0.25) is 0 Å². The van der Waals surface area contributed by atoms with Crippen molar-refractivity contribution in [3.63, 3.8) is 0 Å². The number of nitrogens with zero attached hydrogens (tertiary/aromatic N) is 2. The summed E-state index contributed by atoms with van der Waals surface area (Å²) in [6.07, 6.45) is 3.93. The Hall–Kier alpha value is -3.21. The number of anilines is 3. The monoisotopic (exact) mass is 360 g/mol. The van der Waals surface area contributed by atoms with Gasteiger partial charge in [0.1, 0.15) is 0 Å². The Morgan fingerprint density at radius 2 is 1.63 bits per heavy atom. The summed E-state index contributed by atoms with van der Waals surface area (Å²) in [5, 5.41) is 6.18. The molecular weight excluding hydrogens is 336 g/mol. The van der Waals surface area contributed by atoms with Crippen LogP contribution in [-0.2, 0) is 6.42 Å². The zero-order valence-electron chi connectivity index (χ0n) is 16.1. The number of benzene rings is 2. The van der Waals surface area contributed by atoms with Crippen LogP contribution in [0, 0.1) is 20.8 Å². The highest BCUT2D eigenvalue weighted by Gasteiger charge is 2.11. The van der Waals surface area contributed by atoms with Gasteiger partial charge in [-0.3, -0.25) is 4.79 Å². The van der Waals surface area contributed by atoms with Crippen molar-refractivity contribution >= 4 is 23.2 Å². The standard InChI is InChI=1S/C22H24N4O/c1-5-17-8-6-7-9-19(17)25-21(27)18-12-23-22(24-13-18)26-20-15(3)10-14(2)11-16(20)4/h6-13H,5H2,1-4H3,(H,25,27)(H,23,24,26). The van der Waals surface area contributed by atoms with Crippen LogP contribution in [0.1, 0.15) is 39.5 Å². The molecule has 3 rings (SSSR count). The lowest BCUT2D eigenvalue weighted by atomic mass is 10.1. The fourth-order valence-corrected chi connectivity index (χ4v) is 3.14. The zero-order valence-corrected chi connectivity index (χ0v) is 16.1. The molecule has 0 spiro atoms. The maximum atomic E-state index is 12.5. The van der Waals surface area contributed by atoms with E-state index >= 15 is 0 Å². The molecule has 0 saturated carbocycles. The van der Waals surface area contributed by atoms with Crippen LogP contribution < -0.4 is 10.6 Å². The van der Waals surface area contributed by atoms with Crippen LogP contribution in [-0.4, -0.2) is 15.9 Å². The van der Waals surface area contributed by atoms with Crippen molar-refractivity contribution in [2.75, 3.05) is 10.6 Å². The molecule has 0 radical (unpaired) electrons. The van der Waals surface area contributed by atoms with E-state index in [1.807, 2.05) is 24.3 Å². The van der Waals surface area contributed by atoms with E-state index in [0.717, 1.165) is 34.5 Å². The van der Waals surface area contributed by atoms with Gasteiger partial charge in [0, 0.05) is 23.8 Å². The molecular formula is C22H24N4O. The molecule has 1 amide bonds. The van der Waals surface area contributed by atoms with Gasteiger partial charge in [-0.2, -0.15) is 0 Å². The second-order valence-corrected chi connectivity index (χ2v) is 6.66. The minimum Gasteiger partial charge on any atom is -0.324 e. The van der Waals surface area contributed by atoms with E-state index in [4.69, 9.17) is 0 Å². The zero-order chi connectivity index (χ0) is 19.4. The highest BCUT2D eigenvalue weighted by Crippen LogP contribution is 2.24. The number of rotatable bonds is 5. The molecule has 1 aromatic heterocycles. The van der Waals surface area contributed by atoms with Crippen LogP contribution in [0.4, 0.5) is 17.3 Å². The summed E-state index contributed by atoms with van der Waals surface area (Å²) in [7, 11) is 0. The predicted octanol–water partition coefficient (Wildman–Crippen LogP) is 4.96. The number of hydrogen-bond acceptors (Lipinski definition) is 4. The molecule has 5 nitrogen and oxygen atoms in total. The topological polar surface area (TPSA) is 66.9 Å². The van der Waals surface area contributed by atoms with E-state index in [9.17, 15) is 4.79 Å². The lowest BCUT2D eigenvalue weighted by Crippen LogP contribution is -2.14. The van der Waals surface area contributed by atoms with E-state index in [1.54, 1.807) is 0 Å². The summed E-state index contributed by atoms with van der Waals surface area (Å²) < 4.78 is 0. The molecule has 0 fully saturated rings. The molecule has 0 bridgehead atoms. The first-order valence-electron chi connectivity index (χ1n) is 9.04. The van der Waals surface area contributed by atoms with Crippen molar-refractivity contribution in [3.8, 4) is 0 Å². The summed E-state index contributed by atoms with van der Waals surface area (Å²) in [6.45, 7) is 8.23. The molecule has 27 heavy (non-hydrogen) atoms. The van der Waals surface area contributed by atoms with Gasteiger partial charge < -0.3 is 10.6 Å². The smallest absolute Gasteiger partial charge is 0.258 e. The number of hydrogen-bond donors (Lipinski definition) is 2. The minimum absolute atomic E-state index is 0.217. The third kappa shape index (κ3) is 4.31. The molecule has 138 valence electrons. The summed E-state index contributed by atoms with van der Waals surface area (Å²) in [5.41, 5.74) is 6.81. The normalized spacial score (nSPS) is 10.5. The Balaban J connectivity index is 1.75. The largest absolute Gasteiger partial charge is 0.324 e. The van der Waals surface area contributed by atoms with Crippen LogP contribution in [0.5, 0.6) is 0 Å². The minimum atomic E-state index is -0.217. The Morgan fingerprint density at radius 1 is 1.00 bits per heavy atom. The lowest BCUT2D eigenvalue weighted by molar-refractivity contribution is 0.102. The van der Waals surface area contributed by atoms with E-state index in [0.29, 0.717) is 11.5 Å². The molecule has 0 unspecified atom stereocenters. The molecule has 0 aliphatic heterocycles. The van der Waals surface area contributed by atoms with Crippen molar-refractivity contribution in [1.29, 1.82) is 0 Å². The second-order valence-electron chi connectivity index (χ2n) is 6.66. The molecule has 0 saturated heterocycles. The van der Waals surface area contributed by atoms with Crippen molar-refractivity contribution in [3.05, 3.63) is 76.6 Å². The average Bonchev–Trinajstić information content (AvgIpc) is 2.65. The van der Waals surface area contributed by atoms with Crippen LogP contribution in [0.3, 0.4) is 0 Å². The molecule has 2 N–H and O–H groups in total. The Bertz CT molecular complexity index is 941. The second kappa shape index (κ2) is 7.99. The average molecular weight is 360 g/mol. The third-order valence-electron chi connectivity index (χ3n) is 4.47. The number of carbonyl (C=O) groups is 1. The van der Waals surface area contributed by atoms with Crippen LogP contribution >= 0.6 is 0 Å². The molecule has 2 aromatic carbocycles. The van der Waals surface area contributed by atoms with E-state index in [-0.39, 0.29) is 5.91 Å². The van der Waals surface area contributed by atoms with Crippen molar-refractivity contribution in [2.24, 2.45) is 0 Å². The van der Waals surface area contributed by atoms with Gasteiger partial charge in [-0.15, -0.1) is 0 Å². The summed E-state index contributed by atoms with van der Waals surface area (Å²) >= 11 is 0. The van der Waals surface area contributed by atoms with Gasteiger partial charge in [0.05, 0.1) is 5.56 Å². The number of aryl methyl sites for hydroxylation is 4. The van der Waals surface area contributed by atoms with Gasteiger partial charge in [0.15, 0.2) is 0 Å². The molecule has 5 heteroatoms. The first-order valence-corrected chi connectivity index (χ1v) is 9.04. The van der Waals surface area contributed by atoms with Gasteiger partial charge in [-0.05, 0) is 49.9 Å². The summed E-state index contributed by atoms with van der Waals surface area (Å²) in [4.78, 5) is 21.1. The van der Waals surface area contributed by atoms with Crippen LogP contribution in [0.25, 0.3) is 0 Å². The first-order chi connectivity index (χ1) is 13.0. The van der Waals surface area contributed by atoms with E-state index in [1.165, 1.54) is 18.0 Å². The quantitative estimate of drug-likeness (QED) is 0.675. The van der Waals surface area contributed by atoms with E-state index in [2.05, 4.69) is 60.4 Å². The number of para-hydroxylation sites is 1. The number of amides is 1. The maximum Gasteiger partial charge on any atom is 0.258 e. The van der Waals surface area contributed by atoms with Gasteiger partial charge in [-0.25, -0.2) is 9.97 Å². The molecule has 0 aliphatic carbocycles. The summed E-state index contributed by atoms with van der Waals surface area (Å²) in [5.74, 6) is 0.251. The number of aromatic nitrogens is 2. The lowest BCUT2D eigenvalue weighted by Gasteiger charge is -2.13. The number of carbonyl (C=O) groups excluding carboxylic acids is 1. The van der Waals surface area contributed by atoms with Crippen molar-refractivity contribution in [1.82, 2.24) is 9.97 Å². The van der Waals surface area contributed by atoms with Gasteiger partial charge >= 0.3 is 0 Å². The Morgan fingerprint density at radius 3 is 2.26 bits per heavy atom. The van der Waals surface area contributed by atoms with Gasteiger partial charge in [-0.1, -0.05) is 42.8 Å². The molecule has 1 heterocycles. The maximum absolute atomic E-state index is 12.5. The molecule has 0 aliphatic rings. The fourth-order valence-electron chi connectivity index (χ4n) is 3.14.